The third kappa shape index (κ3) is 6.94. The zero-order valence-electron chi connectivity index (χ0n) is 26.6. The van der Waals surface area contributed by atoms with Crippen LogP contribution >= 0.6 is 0 Å². The molecule has 4 amide bonds. The van der Waals surface area contributed by atoms with Crippen LogP contribution in [0.3, 0.4) is 0 Å². The Morgan fingerprint density at radius 3 is 2.67 bits per heavy atom. The van der Waals surface area contributed by atoms with Gasteiger partial charge in [-0.2, -0.15) is 5.10 Å². The van der Waals surface area contributed by atoms with Crippen molar-refractivity contribution in [1.29, 1.82) is 0 Å². The number of amides is 4. The lowest BCUT2D eigenvalue weighted by molar-refractivity contribution is -0.139. The lowest BCUT2D eigenvalue weighted by Gasteiger charge is -2.39. The number of nitrogens with one attached hydrogen (secondary N) is 2. The largest absolute Gasteiger partial charge is 0.355 e. The molecule has 12 heteroatoms. The van der Waals surface area contributed by atoms with E-state index in [1.807, 2.05) is 38.2 Å². The molecule has 0 bridgehead atoms. The number of hydrogen-bond donors (Lipinski definition) is 2. The average molecular weight is 618 g/mol. The minimum Gasteiger partial charge on any atom is -0.355 e. The average Bonchev–Trinajstić information content (AvgIpc) is 3.63. The van der Waals surface area contributed by atoms with Crippen molar-refractivity contribution in [3.63, 3.8) is 0 Å². The Morgan fingerprint density at radius 2 is 1.91 bits per heavy atom. The first-order valence-electron chi connectivity index (χ1n) is 15.8. The van der Waals surface area contributed by atoms with E-state index in [0.29, 0.717) is 31.1 Å². The maximum Gasteiger partial charge on any atom is 0.276 e. The molecular formula is C33H43N7O5. The van der Waals surface area contributed by atoms with Gasteiger partial charge >= 0.3 is 0 Å². The number of rotatable bonds is 5. The van der Waals surface area contributed by atoms with E-state index in [4.69, 9.17) is 4.52 Å². The standard InChI is InChI=1S/C33H43N7O5/c1-22(2)13-17-40-21-29(41)36-33(14-7-10-24-9-5-6-11-26(24)33)32(44)34-15-18-39(16-8-12-30(40)42)31(43)27-19-28(45-37-27)25-20-35-38(4)23(25)3/h5-6,9,11,19-20,22H,7-8,10,12-18,21H2,1-4H3,(H,34,44)(H,36,41). The van der Waals surface area contributed by atoms with E-state index >= 15 is 0 Å². The van der Waals surface area contributed by atoms with Gasteiger partial charge in [0.1, 0.15) is 5.54 Å². The first-order chi connectivity index (χ1) is 21.6. The predicted octanol–water partition coefficient (Wildman–Crippen LogP) is 2.96. The summed E-state index contributed by atoms with van der Waals surface area (Å²) in [5.41, 5.74) is 2.25. The Balaban J connectivity index is 1.42. The number of carbonyl (C=O) groups excluding carboxylic acids is 4. The van der Waals surface area contributed by atoms with Crippen molar-refractivity contribution >= 4 is 23.6 Å². The molecule has 1 aliphatic heterocycles. The van der Waals surface area contributed by atoms with Crippen molar-refractivity contribution in [2.45, 2.75) is 64.8 Å². The number of nitrogens with zero attached hydrogens (tertiary/aromatic N) is 5. The number of fused-ring (bicyclic) bond motifs is 2. The normalized spacial score (nSPS) is 20.2. The van der Waals surface area contributed by atoms with Gasteiger partial charge in [-0.1, -0.05) is 43.3 Å². The van der Waals surface area contributed by atoms with Crippen LogP contribution < -0.4 is 10.6 Å². The van der Waals surface area contributed by atoms with Gasteiger partial charge in [0.15, 0.2) is 11.5 Å². The fourth-order valence-corrected chi connectivity index (χ4v) is 6.17. The highest BCUT2D eigenvalue weighted by Gasteiger charge is 2.45. The summed E-state index contributed by atoms with van der Waals surface area (Å²) in [4.78, 5) is 57.9. The van der Waals surface area contributed by atoms with Crippen molar-refractivity contribution < 1.29 is 23.7 Å². The van der Waals surface area contributed by atoms with Gasteiger partial charge in [-0.25, -0.2) is 0 Å². The molecule has 1 atom stereocenters. The molecule has 5 rings (SSSR count). The van der Waals surface area contributed by atoms with E-state index in [-0.39, 0.29) is 61.9 Å². The smallest absolute Gasteiger partial charge is 0.276 e. The number of aromatic nitrogens is 3. The van der Waals surface area contributed by atoms with E-state index in [1.165, 1.54) is 0 Å². The molecule has 1 saturated heterocycles. The highest BCUT2D eigenvalue weighted by molar-refractivity contribution is 5.95. The van der Waals surface area contributed by atoms with Crippen LogP contribution in [0.4, 0.5) is 0 Å². The maximum atomic E-state index is 14.0. The lowest BCUT2D eigenvalue weighted by Crippen LogP contribution is -2.60. The predicted molar refractivity (Wildman–Crippen MR) is 167 cm³/mol. The van der Waals surface area contributed by atoms with Gasteiger partial charge in [0.25, 0.3) is 11.8 Å². The molecule has 1 aliphatic carbocycles. The second-order valence-electron chi connectivity index (χ2n) is 12.5. The zero-order valence-corrected chi connectivity index (χ0v) is 26.6. The summed E-state index contributed by atoms with van der Waals surface area (Å²) in [5, 5.41) is 14.4. The van der Waals surface area contributed by atoms with Crippen LogP contribution in [0, 0.1) is 12.8 Å². The topological polar surface area (TPSA) is 143 Å². The van der Waals surface area contributed by atoms with Gasteiger partial charge in [-0.05, 0) is 56.1 Å². The molecule has 1 spiro atoms. The van der Waals surface area contributed by atoms with E-state index in [2.05, 4.69) is 34.7 Å². The highest BCUT2D eigenvalue weighted by atomic mass is 16.5. The van der Waals surface area contributed by atoms with Crippen molar-refractivity contribution in [1.82, 2.24) is 35.4 Å². The Bertz CT molecular complexity index is 1560. The Hall–Kier alpha value is -4.48. The fraction of sp³-hybridized carbons (Fsp3) is 0.515. The number of hydrogen-bond acceptors (Lipinski definition) is 7. The second-order valence-corrected chi connectivity index (χ2v) is 12.5. The minimum atomic E-state index is -1.28. The minimum absolute atomic E-state index is 0.135. The van der Waals surface area contributed by atoms with Crippen molar-refractivity contribution in [3.05, 3.63) is 59.0 Å². The first-order valence-corrected chi connectivity index (χ1v) is 15.8. The first kappa shape index (κ1) is 31.9. The SMILES string of the molecule is Cc1c(-c2cc(C(=O)N3CCCC(=O)N(CCC(C)C)CC(=O)NC4(CCCc5ccccc54)C(=O)NCC3)no2)cnn1C. The van der Waals surface area contributed by atoms with E-state index in [0.717, 1.165) is 41.6 Å². The van der Waals surface area contributed by atoms with Crippen molar-refractivity contribution in [2.75, 3.05) is 32.7 Å². The molecule has 1 aromatic carbocycles. The van der Waals surface area contributed by atoms with Crippen LogP contribution in [-0.2, 0) is 33.4 Å². The number of carbonyl (C=O) groups is 4. The molecule has 1 unspecified atom stereocenters. The summed E-state index contributed by atoms with van der Waals surface area (Å²) in [5.74, 6) is -0.436. The molecule has 0 radical (unpaired) electrons. The summed E-state index contributed by atoms with van der Waals surface area (Å²) in [6.45, 7) is 6.95. The van der Waals surface area contributed by atoms with E-state index in [1.54, 1.807) is 26.7 Å². The molecule has 2 aliphatic rings. The van der Waals surface area contributed by atoms with E-state index in [9.17, 15) is 19.2 Å². The maximum absolute atomic E-state index is 14.0. The zero-order chi connectivity index (χ0) is 32.1. The molecule has 0 saturated carbocycles. The quantitative estimate of drug-likeness (QED) is 0.448. The summed E-state index contributed by atoms with van der Waals surface area (Å²) < 4.78 is 7.23. The van der Waals surface area contributed by atoms with E-state index < -0.39 is 5.54 Å². The molecular weight excluding hydrogens is 574 g/mol. The monoisotopic (exact) mass is 617 g/mol. The van der Waals surface area contributed by atoms with Crippen LogP contribution in [0.2, 0.25) is 0 Å². The molecule has 45 heavy (non-hydrogen) atoms. The molecule has 240 valence electrons. The summed E-state index contributed by atoms with van der Waals surface area (Å²) in [6, 6.07) is 9.27. The van der Waals surface area contributed by atoms with Gasteiger partial charge in [0.05, 0.1) is 18.3 Å². The van der Waals surface area contributed by atoms with Crippen molar-refractivity contribution in [2.24, 2.45) is 13.0 Å². The Morgan fingerprint density at radius 1 is 1.11 bits per heavy atom. The van der Waals surface area contributed by atoms with Crippen LogP contribution in [0.1, 0.15) is 73.3 Å². The lowest BCUT2D eigenvalue weighted by atomic mass is 9.75. The molecule has 2 N–H and O–H groups in total. The summed E-state index contributed by atoms with van der Waals surface area (Å²) >= 11 is 0. The molecule has 2 aromatic heterocycles. The summed E-state index contributed by atoms with van der Waals surface area (Å²) in [6.07, 6.45) is 4.92. The molecule has 12 nitrogen and oxygen atoms in total. The molecule has 1 fully saturated rings. The van der Waals surface area contributed by atoms with Crippen LogP contribution in [0.15, 0.2) is 41.1 Å². The third-order valence-corrected chi connectivity index (χ3v) is 8.88. The highest BCUT2D eigenvalue weighted by Crippen LogP contribution is 2.36. The number of benzene rings is 1. The molecule has 3 heterocycles. The van der Waals surface area contributed by atoms with Gasteiger partial charge in [-0.3, -0.25) is 23.9 Å². The Labute approximate surface area is 263 Å². The fourth-order valence-electron chi connectivity index (χ4n) is 6.17. The van der Waals surface area contributed by atoms with Gasteiger partial charge in [0.2, 0.25) is 11.8 Å². The third-order valence-electron chi connectivity index (χ3n) is 8.88. The summed E-state index contributed by atoms with van der Waals surface area (Å²) in [7, 11) is 1.82. The van der Waals surface area contributed by atoms with Crippen LogP contribution in [0.25, 0.3) is 11.3 Å². The molecule has 3 aromatic rings. The van der Waals surface area contributed by atoms with Crippen LogP contribution in [0.5, 0.6) is 0 Å². The van der Waals surface area contributed by atoms with Crippen LogP contribution in [-0.4, -0.2) is 81.1 Å². The van der Waals surface area contributed by atoms with Gasteiger partial charge in [0, 0.05) is 51.4 Å². The number of aryl methyl sites for hydroxylation is 2. The second kappa shape index (κ2) is 13.7. The van der Waals surface area contributed by atoms with Gasteiger partial charge < -0.3 is 25.0 Å². The van der Waals surface area contributed by atoms with Gasteiger partial charge in [-0.15, -0.1) is 0 Å². The van der Waals surface area contributed by atoms with Crippen molar-refractivity contribution in [3.8, 4) is 11.3 Å². The Kier molecular flexibility index (Phi) is 9.69.